The number of aromatic nitrogens is 3. The van der Waals surface area contributed by atoms with Crippen LogP contribution in [0.25, 0.3) is 16.5 Å². The van der Waals surface area contributed by atoms with Crippen molar-refractivity contribution in [1.29, 1.82) is 0 Å². The number of benzene rings is 2. The zero-order chi connectivity index (χ0) is 13.9. The van der Waals surface area contributed by atoms with Crippen LogP contribution >= 0.6 is 0 Å². The fourth-order valence-corrected chi connectivity index (χ4v) is 2.43. The summed E-state index contributed by atoms with van der Waals surface area (Å²) in [5, 5.41) is 10.8. The van der Waals surface area contributed by atoms with E-state index in [0.29, 0.717) is 0 Å². The number of nitrogens with two attached hydrogens (primary N) is 1. The Hall–Kier alpha value is -2.20. The maximum Gasteiger partial charge on any atom is 0.0998 e. The standard InChI is InChI=1S/C16H18N4/c1-2-6-14(17)15-11-20(19-18-15)16-10-5-8-12-7-3-4-9-13(12)16/h3-5,7-11,14H,2,6,17H2,1H3. The van der Waals surface area contributed by atoms with Gasteiger partial charge in [0, 0.05) is 5.39 Å². The number of fused-ring (bicyclic) bond motifs is 1. The molecule has 4 heteroatoms. The van der Waals surface area contributed by atoms with Gasteiger partial charge in [-0.25, -0.2) is 4.68 Å². The molecular formula is C16H18N4. The van der Waals surface area contributed by atoms with Crippen LogP contribution in [0.4, 0.5) is 0 Å². The lowest BCUT2D eigenvalue weighted by Crippen LogP contribution is -2.10. The maximum atomic E-state index is 6.09. The van der Waals surface area contributed by atoms with Gasteiger partial charge in [0.05, 0.1) is 23.6 Å². The fourth-order valence-electron chi connectivity index (χ4n) is 2.43. The van der Waals surface area contributed by atoms with Gasteiger partial charge in [-0.2, -0.15) is 0 Å². The quantitative estimate of drug-likeness (QED) is 0.788. The van der Waals surface area contributed by atoms with E-state index in [-0.39, 0.29) is 6.04 Å². The molecule has 1 aromatic heterocycles. The molecule has 2 N–H and O–H groups in total. The zero-order valence-electron chi connectivity index (χ0n) is 11.5. The van der Waals surface area contributed by atoms with E-state index in [1.165, 1.54) is 5.39 Å². The molecule has 2 aromatic carbocycles. The van der Waals surface area contributed by atoms with Crippen LogP contribution in [-0.4, -0.2) is 15.0 Å². The van der Waals surface area contributed by atoms with Crippen molar-refractivity contribution in [3.05, 3.63) is 54.4 Å². The third-order valence-corrected chi connectivity index (χ3v) is 3.50. The molecule has 0 saturated heterocycles. The molecule has 3 aromatic rings. The van der Waals surface area contributed by atoms with Gasteiger partial charge in [0.15, 0.2) is 0 Å². The highest BCUT2D eigenvalue weighted by Gasteiger charge is 2.11. The third kappa shape index (κ3) is 2.30. The molecule has 0 radical (unpaired) electrons. The largest absolute Gasteiger partial charge is 0.323 e. The van der Waals surface area contributed by atoms with Crippen molar-refractivity contribution in [3.8, 4) is 5.69 Å². The van der Waals surface area contributed by atoms with Gasteiger partial charge in [0.2, 0.25) is 0 Å². The van der Waals surface area contributed by atoms with Crippen molar-refractivity contribution >= 4 is 10.8 Å². The summed E-state index contributed by atoms with van der Waals surface area (Å²) in [6, 6.07) is 14.4. The van der Waals surface area contributed by atoms with E-state index in [9.17, 15) is 0 Å². The molecule has 1 unspecified atom stereocenters. The van der Waals surface area contributed by atoms with Crippen LogP contribution in [0, 0.1) is 0 Å². The topological polar surface area (TPSA) is 56.7 Å². The highest BCUT2D eigenvalue weighted by molar-refractivity contribution is 5.89. The lowest BCUT2D eigenvalue weighted by Gasteiger charge is -2.06. The van der Waals surface area contributed by atoms with Crippen LogP contribution in [0.1, 0.15) is 31.5 Å². The van der Waals surface area contributed by atoms with E-state index in [1.807, 2.05) is 35.1 Å². The molecule has 0 amide bonds. The predicted octanol–water partition coefficient (Wildman–Crippen LogP) is 3.22. The summed E-state index contributed by atoms with van der Waals surface area (Å²) in [5.41, 5.74) is 7.97. The Balaban J connectivity index is 2.03. The van der Waals surface area contributed by atoms with Crippen LogP contribution in [0.3, 0.4) is 0 Å². The van der Waals surface area contributed by atoms with E-state index >= 15 is 0 Å². The molecule has 0 aliphatic rings. The predicted molar refractivity (Wildman–Crippen MR) is 80.7 cm³/mol. The summed E-state index contributed by atoms with van der Waals surface area (Å²) in [7, 11) is 0. The second-order valence-corrected chi connectivity index (χ2v) is 4.98. The smallest absolute Gasteiger partial charge is 0.0998 e. The summed E-state index contributed by atoms with van der Waals surface area (Å²) in [6.07, 6.45) is 3.90. The molecule has 0 aliphatic heterocycles. The number of rotatable bonds is 4. The van der Waals surface area contributed by atoms with Crippen molar-refractivity contribution in [2.45, 2.75) is 25.8 Å². The molecule has 0 spiro atoms. The van der Waals surface area contributed by atoms with Gasteiger partial charge in [0.1, 0.15) is 0 Å². The van der Waals surface area contributed by atoms with E-state index < -0.39 is 0 Å². The van der Waals surface area contributed by atoms with Crippen molar-refractivity contribution < 1.29 is 0 Å². The van der Waals surface area contributed by atoms with Crippen molar-refractivity contribution in [2.24, 2.45) is 5.73 Å². The van der Waals surface area contributed by atoms with Gasteiger partial charge >= 0.3 is 0 Å². The maximum absolute atomic E-state index is 6.09. The van der Waals surface area contributed by atoms with Gasteiger partial charge in [-0.1, -0.05) is 55.0 Å². The van der Waals surface area contributed by atoms with E-state index in [2.05, 4.69) is 35.4 Å². The molecule has 102 valence electrons. The van der Waals surface area contributed by atoms with Gasteiger partial charge in [0.25, 0.3) is 0 Å². The summed E-state index contributed by atoms with van der Waals surface area (Å²) in [6.45, 7) is 2.12. The molecule has 0 fully saturated rings. The summed E-state index contributed by atoms with van der Waals surface area (Å²) < 4.78 is 1.81. The Morgan fingerprint density at radius 1 is 1.15 bits per heavy atom. The van der Waals surface area contributed by atoms with E-state index in [1.54, 1.807) is 0 Å². The Morgan fingerprint density at radius 3 is 2.80 bits per heavy atom. The first-order valence-electron chi connectivity index (χ1n) is 6.95. The van der Waals surface area contributed by atoms with Crippen LogP contribution in [0.2, 0.25) is 0 Å². The molecule has 0 saturated carbocycles. The molecule has 0 aliphatic carbocycles. The molecule has 1 atom stereocenters. The summed E-state index contributed by atoms with van der Waals surface area (Å²) >= 11 is 0. The summed E-state index contributed by atoms with van der Waals surface area (Å²) in [4.78, 5) is 0. The second kappa shape index (κ2) is 5.43. The number of nitrogens with zero attached hydrogens (tertiary/aromatic N) is 3. The Kier molecular flexibility index (Phi) is 3.48. The van der Waals surface area contributed by atoms with Crippen molar-refractivity contribution in [2.75, 3.05) is 0 Å². The van der Waals surface area contributed by atoms with Crippen LogP contribution in [0.15, 0.2) is 48.7 Å². The SMILES string of the molecule is CCCC(N)c1cn(-c2cccc3ccccc23)nn1. The minimum absolute atomic E-state index is 0.0382. The Bertz CT molecular complexity index is 712. The molecule has 1 heterocycles. The minimum Gasteiger partial charge on any atom is -0.323 e. The van der Waals surface area contributed by atoms with Crippen LogP contribution in [0.5, 0.6) is 0 Å². The van der Waals surface area contributed by atoms with Crippen LogP contribution < -0.4 is 5.73 Å². The molecule has 3 rings (SSSR count). The average Bonchev–Trinajstić information content (AvgIpc) is 2.97. The first-order chi connectivity index (χ1) is 9.79. The first-order valence-corrected chi connectivity index (χ1v) is 6.95. The Morgan fingerprint density at radius 2 is 1.95 bits per heavy atom. The minimum atomic E-state index is -0.0382. The van der Waals surface area contributed by atoms with Gasteiger partial charge in [-0.15, -0.1) is 5.10 Å². The summed E-state index contributed by atoms with van der Waals surface area (Å²) in [5.74, 6) is 0. The zero-order valence-corrected chi connectivity index (χ0v) is 11.5. The molecule has 20 heavy (non-hydrogen) atoms. The normalized spacial score (nSPS) is 12.7. The van der Waals surface area contributed by atoms with Crippen molar-refractivity contribution in [1.82, 2.24) is 15.0 Å². The van der Waals surface area contributed by atoms with Crippen molar-refractivity contribution in [3.63, 3.8) is 0 Å². The lowest BCUT2D eigenvalue weighted by molar-refractivity contribution is 0.619. The molecule has 0 bridgehead atoms. The van der Waals surface area contributed by atoms with E-state index in [0.717, 1.165) is 29.6 Å². The van der Waals surface area contributed by atoms with Gasteiger partial charge in [-0.3, -0.25) is 0 Å². The third-order valence-electron chi connectivity index (χ3n) is 3.50. The lowest BCUT2D eigenvalue weighted by atomic mass is 10.1. The second-order valence-electron chi connectivity index (χ2n) is 4.98. The van der Waals surface area contributed by atoms with Gasteiger partial charge in [-0.05, 0) is 17.9 Å². The van der Waals surface area contributed by atoms with Gasteiger partial charge < -0.3 is 5.73 Å². The average molecular weight is 266 g/mol. The fraction of sp³-hybridized carbons (Fsp3) is 0.250. The molecular weight excluding hydrogens is 248 g/mol. The Labute approximate surface area is 118 Å². The number of hydrogen-bond donors (Lipinski definition) is 1. The molecule has 4 nitrogen and oxygen atoms in total. The monoisotopic (exact) mass is 266 g/mol. The highest BCUT2D eigenvalue weighted by atomic mass is 15.4. The first kappa shape index (κ1) is 12.8. The highest BCUT2D eigenvalue weighted by Crippen LogP contribution is 2.22. The van der Waals surface area contributed by atoms with Crippen LogP contribution in [-0.2, 0) is 0 Å². The van der Waals surface area contributed by atoms with E-state index in [4.69, 9.17) is 5.73 Å². The number of hydrogen-bond acceptors (Lipinski definition) is 3.